The van der Waals surface area contributed by atoms with Gasteiger partial charge in [-0.2, -0.15) is 0 Å². The second kappa shape index (κ2) is 11.1. The van der Waals surface area contributed by atoms with Gasteiger partial charge in [-0.3, -0.25) is 0 Å². The number of nitrogens with one attached hydrogen (secondary N) is 2. The molecule has 0 unspecified atom stereocenters. The number of fused-ring (bicyclic) bond motifs is 1. The summed E-state index contributed by atoms with van der Waals surface area (Å²) in [6.07, 6.45) is 3.10. The fraction of sp³-hybridized carbons (Fsp3) is 0.250. The SMILES string of the molecule is CCOc1cc(CNCCc2c[nH]c3ccccc23)ccc1OCc1cccs1.Cl. The van der Waals surface area contributed by atoms with Crippen LogP contribution in [-0.2, 0) is 19.6 Å². The second-order valence-electron chi connectivity index (χ2n) is 6.87. The first-order valence-corrected chi connectivity index (χ1v) is 10.9. The Morgan fingerprint density at radius 1 is 1.00 bits per heavy atom. The Labute approximate surface area is 187 Å². The summed E-state index contributed by atoms with van der Waals surface area (Å²) in [6.45, 7) is 4.90. The van der Waals surface area contributed by atoms with Gasteiger partial charge in [0.1, 0.15) is 6.61 Å². The van der Waals surface area contributed by atoms with Crippen molar-refractivity contribution in [2.24, 2.45) is 0 Å². The maximum atomic E-state index is 5.97. The maximum Gasteiger partial charge on any atom is 0.161 e. The molecule has 30 heavy (non-hydrogen) atoms. The van der Waals surface area contributed by atoms with Gasteiger partial charge < -0.3 is 19.8 Å². The first-order chi connectivity index (χ1) is 14.3. The van der Waals surface area contributed by atoms with E-state index in [9.17, 15) is 0 Å². The number of para-hydroxylation sites is 1. The molecule has 0 amide bonds. The quantitative estimate of drug-likeness (QED) is 0.298. The molecule has 4 nitrogen and oxygen atoms in total. The van der Waals surface area contributed by atoms with Crippen LogP contribution in [0.4, 0.5) is 0 Å². The number of aromatic nitrogens is 1. The number of hydrogen-bond acceptors (Lipinski definition) is 4. The van der Waals surface area contributed by atoms with E-state index in [4.69, 9.17) is 9.47 Å². The third kappa shape index (κ3) is 5.57. The summed E-state index contributed by atoms with van der Waals surface area (Å²) < 4.78 is 11.8. The van der Waals surface area contributed by atoms with Crippen LogP contribution in [0.25, 0.3) is 10.9 Å². The van der Waals surface area contributed by atoms with E-state index in [1.54, 1.807) is 11.3 Å². The van der Waals surface area contributed by atoms with Crippen molar-refractivity contribution in [3.05, 3.63) is 82.2 Å². The molecule has 0 aliphatic heterocycles. The molecule has 2 heterocycles. The number of benzene rings is 2. The molecule has 0 saturated heterocycles. The van der Waals surface area contributed by atoms with Crippen LogP contribution in [0.1, 0.15) is 22.9 Å². The van der Waals surface area contributed by atoms with Crippen molar-refractivity contribution in [1.82, 2.24) is 10.3 Å². The molecule has 0 aliphatic rings. The lowest BCUT2D eigenvalue weighted by molar-refractivity contribution is 0.271. The molecular formula is C24H27ClN2O2S. The molecule has 0 radical (unpaired) electrons. The molecule has 0 bridgehead atoms. The third-order valence-corrected chi connectivity index (χ3v) is 5.68. The van der Waals surface area contributed by atoms with Crippen LogP contribution < -0.4 is 14.8 Å². The van der Waals surface area contributed by atoms with E-state index in [0.29, 0.717) is 13.2 Å². The Bertz CT molecular complexity index is 1050. The third-order valence-electron chi connectivity index (χ3n) is 4.83. The fourth-order valence-electron chi connectivity index (χ4n) is 3.39. The molecule has 2 aromatic carbocycles. The second-order valence-corrected chi connectivity index (χ2v) is 7.90. The van der Waals surface area contributed by atoms with E-state index in [2.05, 4.69) is 64.3 Å². The van der Waals surface area contributed by atoms with Gasteiger partial charge in [-0.25, -0.2) is 0 Å². The summed E-state index contributed by atoms with van der Waals surface area (Å²) >= 11 is 1.70. The average Bonchev–Trinajstić information content (AvgIpc) is 3.41. The van der Waals surface area contributed by atoms with Crippen molar-refractivity contribution >= 4 is 34.6 Å². The Hall–Kier alpha value is -2.47. The van der Waals surface area contributed by atoms with Crippen LogP contribution in [0.15, 0.2) is 66.2 Å². The van der Waals surface area contributed by atoms with E-state index >= 15 is 0 Å². The molecule has 2 aromatic heterocycles. The highest BCUT2D eigenvalue weighted by Crippen LogP contribution is 2.29. The monoisotopic (exact) mass is 442 g/mol. The highest BCUT2D eigenvalue weighted by atomic mass is 35.5. The molecule has 0 saturated carbocycles. The van der Waals surface area contributed by atoms with Gasteiger partial charge in [-0.1, -0.05) is 30.3 Å². The van der Waals surface area contributed by atoms with Crippen molar-refractivity contribution in [2.45, 2.75) is 26.5 Å². The predicted octanol–water partition coefficient (Wildman–Crippen LogP) is 5.96. The molecule has 4 rings (SSSR count). The Balaban J connectivity index is 0.00000256. The van der Waals surface area contributed by atoms with Crippen molar-refractivity contribution in [3.63, 3.8) is 0 Å². The van der Waals surface area contributed by atoms with Crippen molar-refractivity contribution < 1.29 is 9.47 Å². The maximum absolute atomic E-state index is 5.97. The van der Waals surface area contributed by atoms with Crippen LogP contribution in [0.2, 0.25) is 0 Å². The van der Waals surface area contributed by atoms with Gasteiger partial charge in [0, 0.05) is 28.5 Å². The first kappa shape index (κ1) is 22.2. The normalized spacial score (nSPS) is 10.7. The van der Waals surface area contributed by atoms with Gasteiger partial charge in [0.25, 0.3) is 0 Å². The van der Waals surface area contributed by atoms with Crippen molar-refractivity contribution in [1.29, 1.82) is 0 Å². The highest BCUT2D eigenvalue weighted by molar-refractivity contribution is 7.09. The Morgan fingerprint density at radius 3 is 2.73 bits per heavy atom. The number of ether oxygens (including phenoxy) is 2. The molecule has 158 valence electrons. The van der Waals surface area contributed by atoms with E-state index in [0.717, 1.165) is 31.0 Å². The lowest BCUT2D eigenvalue weighted by Gasteiger charge is -2.13. The molecule has 0 fully saturated rings. The minimum Gasteiger partial charge on any atom is -0.490 e. The zero-order valence-electron chi connectivity index (χ0n) is 17.0. The number of rotatable bonds is 10. The minimum atomic E-state index is 0. The number of thiophene rings is 1. The molecular weight excluding hydrogens is 416 g/mol. The summed E-state index contributed by atoms with van der Waals surface area (Å²) in [7, 11) is 0. The lowest BCUT2D eigenvalue weighted by Crippen LogP contribution is -2.16. The summed E-state index contributed by atoms with van der Waals surface area (Å²) in [5.41, 5.74) is 3.73. The Kier molecular flexibility index (Phi) is 8.20. The highest BCUT2D eigenvalue weighted by Gasteiger charge is 2.08. The molecule has 4 aromatic rings. The van der Waals surface area contributed by atoms with Crippen LogP contribution in [-0.4, -0.2) is 18.1 Å². The lowest BCUT2D eigenvalue weighted by atomic mass is 10.1. The summed E-state index contributed by atoms with van der Waals surface area (Å²) in [5, 5.41) is 6.91. The van der Waals surface area contributed by atoms with Gasteiger partial charge in [0.15, 0.2) is 11.5 Å². The topological polar surface area (TPSA) is 46.3 Å². The largest absolute Gasteiger partial charge is 0.490 e. The molecule has 0 aliphatic carbocycles. The van der Waals surface area contributed by atoms with Gasteiger partial charge in [-0.05, 0) is 60.7 Å². The number of H-pyrrole nitrogens is 1. The average molecular weight is 443 g/mol. The van der Waals surface area contributed by atoms with Gasteiger partial charge in [-0.15, -0.1) is 23.7 Å². The Morgan fingerprint density at radius 2 is 1.90 bits per heavy atom. The van der Waals surface area contributed by atoms with Crippen molar-refractivity contribution in [3.8, 4) is 11.5 Å². The molecule has 6 heteroatoms. The van der Waals surface area contributed by atoms with Crippen LogP contribution in [0.3, 0.4) is 0 Å². The molecule has 2 N–H and O–H groups in total. The van der Waals surface area contributed by atoms with Crippen LogP contribution in [0, 0.1) is 0 Å². The summed E-state index contributed by atoms with van der Waals surface area (Å²) in [4.78, 5) is 4.54. The fourth-order valence-corrected chi connectivity index (χ4v) is 4.00. The van der Waals surface area contributed by atoms with E-state index in [1.807, 2.05) is 19.1 Å². The number of aromatic amines is 1. The van der Waals surface area contributed by atoms with E-state index < -0.39 is 0 Å². The van der Waals surface area contributed by atoms with Gasteiger partial charge >= 0.3 is 0 Å². The smallest absolute Gasteiger partial charge is 0.161 e. The van der Waals surface area contributed by atoms with Crippen molar-refractivity contribution in [2.75, 3.05) is 13.2 Å². The summed E-state index contributed by atoms with van der Waals surface area (Å²) in [6, 6.07) is 18.7. The zero-order valence-corrected chi connectivity index (χ0v) is 18.7. The van der Waals surface area contributed by atoms with E-state index in [1.165, 1.54) is 26.9 Å². The number of hydrogen-bond donors (Lipinski definition) is 2. The van der Waals surface area contributed by atoms with Gasteiger partial charge in [0.05, 0.1) is 6.61 Å². The van der Waals surface area contributed by atoms with Crippen LogP contribution in [0.5, 0.6) is 11.5 Å². The standard InChI is InChI=1S/C24H26N2O2S.ClH/c1-2-27-24-14-18(9-10-23(24)28-17-20-6-5-13-29-20)15-25-12-11-19-16-26-22-8-4-3-7-21(19)22;/h3-10,13-14,16,25-26H,2,11-12,15,17H2,1H3;1H. The van der Waals surface area contributed by atoms with E-state index in [-0.39, 0.29) is 12.4 Å². The minimum absolute atomic E-state index is 0. The summed E-state index contributed by atoms with van der Waals surface area (Å²) in [5.74, 6) is 1.60. The number of halogens is 1. The molecule has 0 atom stereocenters. The van der Waals surface area contributed by atoms with Crippen LogP contribution >= 0.6 is 23.7 Å². The first-order valence-electron chi connectivity index (χ1n) is 10.00. The predicted molar refractivity (Wildman–Crippen MR) is 127 cm³/mol. The molecule has 0 spiro atoms. The van der Waals surface area contributed by atoms with Gasteiger partial charge in [0.2, 0.25) is 0 Å². The zero-order chi connectivity index (χ0) is 19.9.